The Hall–Kier alpha value is -4.51. The summed E-state index contributed by atoms with van der Waals surface area (Å²) >= 11 is 0. The average molecular weight is 692 g/mol. The molecule has 48 heavy (non-hydrogen) atoms. The summed E-state index contributed by atoms with van der Waals surface area (Å²) in [5.74, 6) is -3.27. The van der Waals surface area contributed by atoms with E-state index >= 15 is 0 Å². The number of halogens is 6. The number of nitrogens with one attached hydrogen (secondary N) is 1. The number of Topliss-reactive ketones (excluding diaryl/α,β-unsaturated/α-hetero) is 1. The number of nitrogens with two attached hydrogens (primary N) is 1. The van der Waals surface area contributed by atoms with Crippen LogP contribution >= 0.6 is 0 Å². The highest BCUT2D eigenvalue weighted by molar-refractivity contribution is 5.96. The Balaban J connectivity index is 1.89. The second-order valence-corrected chi connectivity index (χ2v) is 10.7. The molecule has 1 unspecified atom stereocenters. The van der Waals surface area contributed by atoms with E-state index in [1.807, 2.05) is 0 Å². The Morgan fingerprint density at radius 2 is 1.52 bits per heavy atom. The van der Waals surface area contributed by atoms with Crippen LogP contribution in [-0.4, -0.2) is 79.8 Å². The van der Waals surface area contributed by atoms with Gasteiger partial charge in [-0.25, -0.2) is 4.79 Å². The molecular weight excluding hydrogens is 656 g/mol. The van der Waals surface area contributed by atoms with Crippen molar-refractivity contribution in [3.8, 4) is 5.75 Å². The zero-order chi connectivity index (χ0) is 36.1. The molecule has 0 aliphatic rings. The van der Waals surface area contributed by atoms with Gasteiger partial charge in [0.25, 0.3) is 5.91 Å². The molecule has 0 spiro atoms. The van der Waals surface area contributed by atoms with Crippen LogP contribution in [0.5, 0.6) is 5.75 Å². The maximum atomic E-state index is 12.8. The van der Waals surface area contributed by atoms with Gasteiger partial charge >= 0.3 is 24.3 Å². The van der Waals surface area contributed by atoms with Crippen molar-refractivity contribution in [1.29, 1.82) is 0 Å². The molecule has 0 aromatic heterocycles. The lowest BCUT2D eigenvalue weighted by Crippen LogP contribution is -2.52. The number of carbonyl (C=O) groups is 4. The molecule has 11 nitrogen and oxygen atoms in total. The highest BCUT2D eigenvalue weighted by atomic mass is 19.4. The largest absolute Gasteiger partial charge is 0.460 e. The number of esters is 2. The van der Waals surface area contributed by atoms with Crippen LogP contribution in [0.15, 0.2) is 59.6 Å². The van der Waals surface area contributed by atoms with E-state index in [1.165, 1.54) is 33.1 Å². The van der Waals surface area contributed by atoms with Crippen LogP contribution in [0.1, 0.15) is 49.0 Å². The first-order chi connectivity index (χ1) is 22.3. The number of ketones is 1. The number of nitrogens with zero attached hydrogens (tertiary/aromatic N) is 1. The quantitative estimate of drug-likeness (QED) is 0.0611. The van der Waals surface area contributed by atoms with E-state index in [-0.39, 0.29) is 37.6 Å². The van der Waals surface area contributed by atoms with Crippen molar-refractivity contribution >= 4 is 29.5 Å². The lowest BCUT2D eigenvalue weighted by Gasteiger charge is -2.27. The summed E-state index contributed by atoms with van der Waals surface area (Å²) in [6.45, 7) is 0.802. The molecule has 17 heteroatoms. The monoisotopic (exact) mass is 691 g/mol. The van der Waals surface area contributed by atoms with Gasteiger partial charge in [-0.05, 0) is 56.5 Å². The Bertz CT molecular complexity index is 1400. The molecule has 1 amide bonds. The summed E-state index contributed by atoms with van der Waals surface area (Å²) in [7, 11) is 1.18. The first kappa shape index (κ1) is 39.7. The summed E-state index contributed by atoms with van der Waals surface area (Å²) in [6.07, 6.45) is -16.6. The smallest absolute Gasteiger partial charge is 0.423 e. The number of hydrogen-bond donors (Lipinski definition) is 2. The van der Waals surface area contributed by atoms with Gasteiger partial charge in [0.15, 0.2) is 5.78 Å². The number of benzene rings is 2. The molecule has 2 aromatic carbocycles. The summed E-state index contributed by atoms with van der Waals surface area (Å²) in [5.41, 5.74) is 5.23. The maximum Gasteiger partial charge on any atom is 0.423 e. The van der Waals surface area contributed by atoms with Crippen molar-refractivity contribution in [3.05, 3.63) is 65.7 Å². The lowest BCUT2D eigenvalue weighted by atomic mass is 10.0. The van der Waals surface area contributed by atoms with Gasteiger partial charge in [0, 0.05) is 13.7 Å². The fourth-order valence-corrected chi connectivity index (χ4v) is 3.71. The second kappa shape index (κ2) is 17.6. The van der Waals surface area contributed by atoms with Crippen LogP contribution in [0.2, 0.25) is 0 Å². The van der Waals surface area contributed by atoms with E-state index in [0.29, 0.717) is 11.1 Å². The van der Waals surface area contributed by atoms with Gasteiger partial charge in [0.2, 0.25) is 6.10 Å². The minimum absolute atomic E-state index is 0.0248. The summed E-state index contributed by atoms with van der Waals surface area (Å²) < 4.78 is 96.2. The number of amides is 1. The van der Waals surface area contributed by atoms with Crippen molar-refractivity contribution in [2.75, 3.05) is 20.3 Å². The van der Waals surface area contributed by atoms with Gasteiger partial charge in [0.05, 0.1) is 11.6 Å². The minimum Gasteiger partial charge on any atom is -0.460 e. The summed E-state index contributed by atoms with van der Waals surface area (Å²) in [6, 6.07) is 13.0. The van der Waals surface area contributed by atoms with Gasteiger partial charge in [0.1, 0.15) is 36.8 Å². The molecule has 0 fully saturated rings. The lowest BCUT2D eigenvalue weighted by molar-refractivity contribution is -0.319. The molecule has 0 bridgehead atoms. The minimum atomic E-state index is -5.83. The first-order valence-corrected chi connectivity index (χ1v) is 14.3. The van der Waals surface area contributed by atoms with Gasteiger partial charge in [-0.2, -0.15) is 26.3 Å². The predicted octanol–water partition coefficient (Wildman–Crippen LogP) is 4.47. The average Bonchev–Trinajstić information content (AvgIpc) is 3.01. The van der Waals surface area contributed by atoms with Crippen LogP contribution in [0, 0.1) is 0 Å². The SMILES string of the molecule is COC(C)(C)C(=O)NC(CCCN=C(N)CC(=O)OCc1ccc(OC(=O)c2ccccc2)cc1)C(=O)COC(C(F)(F)F)C(F)(F)F. The topological polar surface area (TPSA) is 156 Å². The Morgan fingerprint density at radius 1 is 0.917 bits per heavy atom. The molecule has 3 N–H and O–H groups in total. The van der Waals surface area contributed by atoms with E-state index < -0.39 is 66.8 Å². The third-order valence-corrected chi connectivity index (χ3v) is 6.57. The summed E-state index contributed by atoms with van der Waals surface area (Å²) in [4.78, 5) is 53.4. The molecule has 264 valence electrons. The van der Waals surface area contributed by atoms with E-state index in [2.05, 4.69) is 15.0 Å². The van der Waals surface area contributed by atoms with E-state index in [1.54, 1.807) is 42.5 Å². The zero-order valence-corrected chi connectivity index (χ0v) is 26.2. The number of ether oxygens (including phenoxy) is 4. The van der Waals surface area contributed by atoms with Crippen molar-refractivity contribution in [2.24, 2.45) is 10.7 Å². The van der Waals surface area contributed by atoms with Crippen LogP contribution in [0.4, 0.5) is 26.3 Å². The molecule has 2 aromatic rings. The van der Waals surface area contributed by atoms with Gasteiger partial charge in [-0.3, -0.25) is 19.4 Å². The Kier molecular flexibility index (Phi) is 14.5. The normalized spacial score (nSPS) is 13.2. The number of hydrogen-bond acceptors (Lipinski definition) is 9. The Labute approximate surface area is 271 Å². The molecule has 0 aliphatic heterocycles. The van der Waals surface area contributed by atoms with E-state index in [0.717, 1.165) is 0 Å². The molecule has 0 radical (unpaired) electrons. The van der Waals surface area contributed by atoms with Crippen LogP contribution in [0.25, 0.3) is 0 Å². The summed E-state index contributed by atoms with van der Waals surface area (Å²) in [5, 5.41) is 2.25. The molecule has 2 rings (SSSR count). The van der Waals surface area contributed by atoms with E-state index in [9.17, 15) is 45.5 Å². The predicted molar refractivity (Wildman–Crippen MR) is 158 cm³/mol. The van der Waals surface area contributed by atoms with Crippen molar-refractivity contribution < 1.29 is 64.5 Å². The fourth-order valence-electron chi connectivity index (χ4n) is 3.71. The highest BCUT2D eigenvalue weighted by Crippen LogP contribution is 2.35. The van der Waals surface area contributed by atoms with Gasteiger partial charge < -0.3 is 30.0 Å². The van der Waals surface area contributed by atoms with E-state index in [4.69, 9.17) is 19.9 Å². The standard InChI is InChI=1S/C31H35F6N3O8/c1-29(2,45-3)28(44)40-22(23(41)18-47-27(30(32,33)34)31(35,36)37)10-7-15-39-24(38)16-25(42)46-17-19-11-13-21(14-12-19)48-26(43)20-8-5-4-6-9-20/h4-6,8-9,11-14,22,27H,7,10,15-18H2,1-3H3,(H2,38,39)(H,40,44). The second-order valence-electron chi connectivity index (χ2n) is 10.7. The Morgan fingerprint density at radius 3 is 2.08 bits per heavy atom. The van der Waals surface area contributed by atoms with Crippen LogP contribution < -0.4 is 15.8 Å². The maximum absolute atomic E-state index is 12.8. The molecular formula is C31H35F6N3O8. The molecule has 1 atom stereocenters. The number of alkyl halides is 6. The third kappa shape index (κ3) is 13.3. The molecule has 0 aliphatic carbocycles. The van der Waals surface area contributed by atoms with Gasteiger partial charge in [-0.1, -0.05) is 30.3 Å². The molecule has 0 heterocycles. The third-order valence-electron chi connectivity index (χ3n) is 6.57. The van der Waals surface area contributed by atoms with Crippen molar-refractivity contribution in [1.82, 2.24) is 5.32 Å². The number of rotatable bonds is 17. The van der Waals surface area contributed by atoms with Gasteiger partial charge in [-0.15, -0.1) is 0 Å². The van der Waals surface area contributed by atoms with Crippen molar-refractivity contribution in [2.45, 2.75) is 69.8 Å². The van der Waals surface area contributed by atoms with Crippen LogP contribution in [-0.2, 0) is 35.2 Å². The zero-order valence-electron chi connectivity index (χ0n) is 26.2. The van der Waals surface area contributed by atoms with Crippen molar-refractivity contribution in [3.63, 3.8) is 0 Å². The highest BCUT2D eigenvalue weighted by Gasteiger charge is 2.58. The van der Waals surface area contributed by atoms with Crippen LogP contribution in [0.3, 0.4) is 0 Å². The number of aliphatic imine (C=N–C) groups is 1. The number of carbonyl (C=O) groups excluding carboxylic acids is 4. The molecule has 0 saturated heterocycles. The fraction of sp³-hybridized carbons (Fsp3) is 0.452. The first-order valence-electron chi connectivity index (χ1n) is 14.3. The molecule has 0 saturated carbocycles. The number of methoxy groups -OCH3 is 1. The number of amidine groups is 1.